The van der Waals surface area contributed by atoms with Crippen molar-refractivity contribution in [3.8, 4) is 0 Å². The summed E-state index contributed by atoms with van der Waals surface area (Å²) >= 11 is 0. The highest BCUT2D eigenvalue weighted by Gasteiger charge is 2.14. The summed E-state index contributed by atoms with van der Waals surface area (Å²) in [4.78, 5) is 47.9. The molecule has 1 N–H and O–H groups in total. The third-order valence-corrected chi connectivity index (χ3v) is 4.46. The van der Waals surface area contributed by atoms with Crippen LogP contribution in [0.2, 0.25) is 0 Å². The normalized spacial score (nSPS) is 10.3. The average molecular weight is 425 g/mol. The van der Waals surface area contributed by atoms with Crippen molar-refractivity contribution in [3.05, 3.63) is 64.7 Å². The second-order valence-corrected chi connectivity index (χ2v) is 7.16. The number of aryl methyl sites for hydroxylation is 2. The zero-order valence-electron chi connectivity index (χ0n) is 18.0. The van der Waals surface area contributed by atoms with E-state index < -0.39 is 11.9 Å². The van der Waals surface area contributed by atoms with Crippen molar-refractivity contribution in [2.24, 2.45) is 0 Å². The number of anilines is 1. The van der Waals surface area contributed by atoms with E-state index in [0.29, 0.717) is 23.4 Å². The fraction of sp³-hybridized carbons (Fsp3) is 0.333. The molecule has 7 nitrogen and oxygen atoms in total. The standard InChI is InChI=1S/C24H27NO6/c1-4-13-30-24(29)18-7-9-19(10-8-18)25-22(27)11-12-23(28)31-15-21(26)20-14-16(2)5-6-17(20)3/h5-10,14H,4,11-13,15H2,1-3H3,(H,25,27). The lowest BCUT2D eigenvalue weighted by Crippen LogP contribution is -2.18. The number of carbonyl (C=O) groups is 4. The first kappa shape index (κ1) is 23.8. The van der Waals surface area contributed by atoms with Gasteiger partial charge in [0.25, 0.3) is 0 Å². The molecule has 2 rings (SSSR count). The van der Waals surface area contributed by atoms with Crippen LogP contribution in [0.3, 0.4) is 0 Å². The molecule has 1 amide bonds. The first-order chi connectivity index (χ1) is 14.8. The van der Waals surface area contributed by atoms with Gasteiger partial charge >= 0.3 is 11.9 Å². The number of ether oxygens (including phenoxy) is 2. The molecule has 7 heteroatoms. The third kappa shape index (κ3) is 7.70. The molecule has 0 heterocycles. The predicted octanol–water partition coefficient (Wildman–Crippen LogP) is 4.02. The van der Waals surface area contributed by atoms with Crippen LogP contribution in [0.4, 0.5) is 5.69 Å². The lowest BCUT2D eigenvalue weighted by atomic mass is 10.0. The zero-order chi connectivity index (χ0) is 22.8. The van der Waals surface area contributed by atoms with Crippen LogP contribution >= 0.6 is 0 Å². The summed E-state index contributed by atoms with van der Waals surface area (Å²) in [6.45, 7) is 5.60. The number of rotatable bonds is 10. The van der Waals surface area contributed by atoms with Crippen LogP contribution in [0.5, 0.6) is 0 Å². The molecular formula is C24H27NO6. The molecule has 0 fully saturated rings. The number of hydrogen-bond donors (Lipinski definition) is 1. The Hall–Kier alpha value is -3.48. The van der Waals surface area contributed by atoms with Crippen LogP contribution in [0.1, 0.15) is 58.0 Å². The van der Waals surface area contributed by atoms with E-state index in [2.05, 4.69) is 5.32 Å². The summed E-state index contributed by atoms with van der Waals surface area (Å²) in [6, 6.07) is 11.8. The predicted molar refractivity (Wildman–Crippen MR) is 116 cm³/mol. The second kappa shape index (κ2) is 11.6. The molecule has 164 valence electrons. The molecule has 0 aliphatic carbocycles. The van der Waals surface area contributed by atoms with Gasteiger partial charge in [0.15, 0.2) is 6.61 Å². The molecule has 2 aromatic rings. The summed E-state index contributed by atoms with van der Waals surface area (Å²) < 4.78 is 10.0. The van der Waals surface area contributed by atoms with Gasteiger partial charge in [-0.25, -0.2) is 4.79 Å². The van der Waals surface area contributed by atoms with E-state index in [0.717, 1.165) is 17.5 Å². The van der Waals surface area contributed by atoms with Crippen molar-refractivity contribution in [1.82, 2.24) is 0 Å². The van der Waals surface area contributed by atoms with Crippen LogP contribution in [0.15, 0.2) is 42.5 Å². The van der Waals surface area contributed by atoms with E-state index in [1.54, 1.807) is 30.3 Å². The highest BCUT2D eigenvalue weighted by molar-refractivity contribution is 5.99. The summed E-state index contributed by atoms with van der Waals surface area (Å²) in [5.74, 6) is -1.70. The molecule has 0 atom stereocenters. The fourth-order valence-corrected chi connectivity index (χ4v) is 2.74. The molecule has 0 aliphatic heterocycles. The van der Waals surface area contributed by atoms with Crippen molar-refractivity contribution in [2.45, 2.75) is 40.0 Å². The quantitative estimate of drug-likeness (QED) is 0.456. The Balaban J connectivity index is 1.75. The molecular weight excluding hydrogens is 398 g/mol. The lowest BCUT2D eigenvalue weighted by Gasteiger charge is -2.08. The number of benzene rings is 2. The smallest absolute Gasteiger partial charge is 0.338 e. The molecule has 2 aromatic carbocycles. The van der Waals surface area contributed by atoms with Crippen LogP contribution in [0.25, 0.3) is 0 Å². The zero-order valence-corrected chi connectivity index (χ0v) is 18.0. The Morgan fingerprint density at radius 3 is 2.29 bits per heavy atom. The Morgan fingerprint density at radius 2 is 1.61 bits per heavy atom. The van der Waals surface area contributed by atoms with Gasteiger partial charge in [0.2, 0.25) is 11.7 Å². The first-order valence-corrected chi connectivity index (χ1v) is 10.1. The second-order valence-electron chi connectivity index (χ2n) is 7.16. The topological polar surface area (TPSA) is 98.8 Å². The molecule has 0 saturated heterocycles. The highest BCUT2D eigenvalue weighted by Crippen LogP contribution is 2.13. The van der Waals surface area contributed by atoms with E-state index in [1.165, 1.54) is 0 Å². The van der Waals surface area contributed by atoms with Crippen LogP contribution < -0.4 is 5.32 Å². The summed E-state index contributed by atoms with van der Waals surface area (Å²) in [6.07, 6.45) is 0.506. The van der Waals surface area contributed by atoms with Crippen LogP contribution in [0, 0.1) is 13.8 Å². The van der Waals surface area contributed by atoms with E-state index in [-0.39, 0.29) is 31.1 Å². The van der Waals surface area contributed by atoms with Crippen molar-refractivity contribution in [2.75, 3.05) is 18.5 Å². The summed E-state index contributed by atoms with van der Waals surface area (Å²) in [5, 5.41) is 2.65. The van der Waals surface area contributed by atoms with Gasteiger partial charge in [0, 0.05) is 17.7 Å². The number of carbonyl (C=O) groups excluding carboxylic acids is 4. The van der Waals surface area contributed by atoms with Gasteiger partial charge in [-0.3, -0.25) is 14.4 Å². The third-order valence-electron chi connectivity index (χ3n) is 4.46. The Kier molecular flexibility index (Phi) is 8.94. The first-order valence-electron chi connectivity index (χ1n) is 10.1. The molecule has 0 unspecified atom stereocenters. The Morgan fingerprint density at radius 1 is 0.903 bits per heavy atom. The minimum Gasteiger partial charge on any atom is -0.462 e. The number of amides is 1. The number of esters is 2. The van der Waals surface area contributed by atoms with E-state index in [9.17, 15) is 19.2 Å². The monoisotopic (exact) mass is 425 g/mol. The molecule has 0 spiro atoms. The number of Topliss-reactive ketones (excluding diaryl/α,β-unsaturated/α-hetero) is 1. The number of nitrogens with one attached hydrogen (secondary N) is 1. The molecule has 0 bridgehead atoms. The van der Waals surface area contributed by atoms with Crippen molar-refractivity contribution in [1.29, 1.82) is 0 Å². The maximum atomic E-state index is 12.2. The molecule has 0 aromatic heterocycles. The van der Waals surface area contributed by atoms with Gasteiger partial charge in [0.05, 0.1) is 18.6 Å². The van der Waals surface area contributed by atoms with Gasteiger partial charge in [-0.05, 0) is 56.2 Å². The molecule has 0 aliphatic rings. The van der Waals surface area contributed by atoms with E-state index in [4.69, 9.17) is 9.47 Å². The molecule has 0 radical (unpaired) electrons. The van der Waals surface area contributed by atoms with Gasteiger partial charge in [-0.2, -0.15) is 0 Å². The maximum absolute atomic E-state index is 12.2. The molecule has 31 heavy (non-hydrogen) atoms. The fourth-order valence-electron chi connectivity index (χ4n) is 2.74. The maximum Gasteiger partial charge on any atom is 0.338 e. The van der Waals surface area contributed by atoms with Crippen molar-refractivity contribution < 1.29 is 28.7 Å². The van der Waals surface area contributed by atoms with E-state index >= 15 is 0 Å². The van der Waals surface area contributed by atoms with Crippen molar-refractivity contribution >= 4 is 29.3 Å². The van der Waals surface area contributed by atoms with Gasteiger partial charge in [0.1, 0.15) is 0 Å². The minimum atomic E-state index is -0.622. The Labute approximate surface area is 181 Å². The van der Waals surface area contributed by atoms with Gasteiger partial charge in [-0.15, -0.1) is 0 Å². The largest absolute Gasteiger partial charge is 0.462 e. The van der Waals surface area contributed by atoms with Gasteiger partial charge < -0.3 is 14.8 Å². The van der Waals surface area contributed by atoms with Crippen molar-refractivity contribution in [3.63, 3.8) is 0 Å². The van der Waals surface area contributed by atoms with Gasteiger partial charge in [-0.1, -0.05) is 24.6 Å². The summed E-state index contributed by atoms with van der Waals surface area (Å²) in [7, 11) is 0. The Bertz CT molecular complexity index is 949. The van der Waals surface area contributed by atoms with E-state index in [1.807, 2.05) is 32.9 Å². The average Bonchev–Trinajstić information content (AvgIpc) is 2.76. The lowest BCUT2D eigenvalue weighted by molar-refractivity contribution is -0.143. The minimum absolute atomic E-state index is 0.0865. The number of hydrogen-bond acceptors (Lipinski definition) is 6. The summed E-state index contributed by atoms with van der Waals surface area (Å²) in [5.41, 5.74) is 3.17. The SMILES string of the molecule is CCCOC(=O)c1ccc(NC(=O)CCC(=O)OCC(=O)c2cc(C)ccc2C)cc1. The highest BCUT2D eigenvalue weighted by atomic mass is 16.5. The molecule has 0 saturated carbocycles. The number of ketones is 1. The van der Waals surface area contributed by atoms with Crippen LogP contribution in [-0.2, 0) is 19.1 Å². The van der Waals surface area contributed by atoms with Crippen LogP contribution in [-0.4, -0.2) is 36.8 Å².